The van der Waals surface area contributed by atoms with Crippen LogP contribution in [-0.2, 0) is 57.6 Å². The molecule has 2 aromatic heterocycles. The maximum Gasteiger partial charge on any atom is 0.324 e. The van der Waals surface area contributed by atoms with Crippen molar-refractivity contribution in [2.45, 2.75) is 104 Å². The molecular weight excluding hydrogens is 955 g/mol. The van der Waals surface area contributed by atoms with Gasteiger partial charge in [-0.05, 0) is 91.6 Å². The van der Waals surface area contributed by atoms with Crippen LogP contribution in [0.3, 0.4) is 0 Å². The number of fused-ring (bicyclic) bond motifs is 6. The van der Waals surface area contributed by atoms with Crippen molar-refractivity contribution in [3.8, 4) is 22.4 Å². The lowest BCUT2D eigenvalue weighted by atomic mass is 9.84. The van der Waals surface area contributed by atoms with Gasteiger partial charge in [0.15, 0.2) is 5.60 Å². The summed E-state index contributed by atoms with van der Waals surface area (Å²) in [6.45, 7) is 16.7. The number of carbonyl (C=O) groups is 5. The Hall–Kier alpha value is -4.50. The first-order valence-corrected chi connectivity index (χ1v) is 22.7. The van der Waals surface area contributed by atoms with Crippen molar-refractivity contribution in [1.29, 1.82) is 0 Å². The fourth-order valence-electron chi connectivity index (χ4n) is 9.91. The molecule has 0 aliphatic carbocycles. The van der Waals surface area contributed by atoms with E-state index in [0.29, 0.717) is 32.4 Å². The zero-order valence-electron chi connectivity index (χ0n) is 40.5. The normalized spacial score (nSPS) is 20.5. The fourth-order valence-corrected chi connectivity index (χ4v) is 9.91. The summed E-state index contributed by atoms with van der Waals surface area (Å²) in [5.74, 6) is -2.42. The molecule has 2 N–H and O–H groups in total. The van der Waals surface area contributed by atoms with Gasteiger partial charge in [-0.2, -0.15) is 54.0 Å². The quantitative estimate of drug-likeness (QED) is 0.155. The summed E-state index contributed by atoms with van der Waals surface area (Å²) in [7, 11) is 1.69. The van der Waals surface area contributed by atoms with Gasteiger partial charge in [0.05, 0.1) is 37.2 Å². The predicted molar refractivity (Wildman–Crippen MR) is 286 cm³/mol. The van der Waals surface area contributed by atoms with Crippen molar-refractivity contribution in [2.75, 3.05) is 40.1 Å². The smallest absolute Gasteiger partial charge is 0.324 e. The van der Waals surface area contributed by atoms with Gasteiger partial charge in [0, 0.05) is 54.7 Å². The molecule has 6 heterocycles. The fraction of sp³-hybridized carbons (Fsp3) is 0.480. The Bertz CT molecular complexity index is 2550. The van der Waals surface area contributed by atoms with Crippen LogP contribution in [0.5, 0.6) is 0 Å². The van der Waals surface area contributed by atoms with Crippen LogP contribution in [0.1, 0.15) is 77.3 Å². The van der Waals surface area contributed by atoms with Crippen molar-refractivity contribution in [2.24, 2.45) is 11.3 Å². The highest BCUT2D eigenvalue weighted by Gasteiger charge is 2.59. The van der Waals surface area contributed by atoms with Crippen LogP contribution < -0.4 is 10.7 Å². The number of pyridine rings is 1. The van der Waals surface area contributed by atoms with Crippen LogP contribution in [0.2, 0.25) is 0 Å². The standard InChI is InChI=1S/C50H61N7O8.4H2S/c1-9-41(58)54-26-50(27-54)48(62)56(29-65-50)43(30(3)4)45(59)52-39-23-32-14-11-15-33(22-32)34-18-19-40-36(24-34)37(44(55(40)10-2)35-16-12-20-51-42(35)31(5)63-8)25-49(6,7)28-64-47(61)38-17-13-21-57(53-38)46(39)60;;;;/h9,11-12,14-16,18-20,22,24,30-31,38-39,43,53H,1,10,13,17,21,23,25-29H2,2-8H3,(H,52,59);4*1H2/t31-,38-,39-,43-;;;;/m0..../s1. The Morgan fingerprint density at radius 1 is 1.01 bits per heavy atom. The average molecular weight is 1020 g/mol. The van der Waals surface area contributed by atoms with E-state index in [1.807, 2.05) is 45.0 Å². The maximum absolute atomic E-state index is 14.7. The van der Waals surface area contributed by atoms with Crippen LogP contribution in [0.4, 0.5) is 0 Å². The van der Waals surface area contributed by atoms with Gasteiger partial charge in [0.2, 0.25) is 11.8 Å². The Morgan fingerprint density at radius 2 is 1.74 bits per heavy atom. The molecule has 4 amide bonds. The van der Waals surface area contributed by atoms with Crippen molar-refractivity contribution >= 4 is 94.5 Å². The summed E-state index contributed by atoms with van der Waals surface area (Å²) in [4.78, 5) is 77.0. The molecule has 15 nitrogen and oxygen atoms in total. The molecule has 4 aliphatic heterocycles. The van der Waals surface area contributed by atoms with Crippen molar-refractivity contribution in [3.05, 3.63) is 90.3 Å². The van der Waals surface area contributed by atoms with Crippen molar-refractivity contribution in [3.63, 3.8) is 0 Å². The molecule has 4 atom stereocenters. The first-order chi connectivity index (χ1) is 31.1. The Morgan fingerprint density at radius 3 is 2.42 bits per heavy atom. The number of benzene rings is 2. The number of aromatic nitrogens is 2. The third-order valence-electron chi connectivity index (χ3n) is 13.4. The van der Waals surface area contributed by atoms with Crippen LogP contribution in [-0.4, -0.2) is 118 Å². The SMILES string of the molecule is C=CC(=O)N1CC2(C1)OCN([C@H](C(=O)N[C@H]1Cc3cccc(c3)-c3ccc4c(c3)c(c(-c3cccnc3[C@H](C)OC)n4CC)CC(C)(C)COC(=O)[C@@H]3CCCN(N3)C1=O)C(C)C)C2=O.S.S.S.S. The van der Waals surface area contributed by atoms with Gasteiger partial charge >= 0.3 is 5.97 Å². The Kier molecular flexibility index (Phi) is 19.2. The number of ether oxygens (including phenoxy) is 3. The van der Waals surface area contributed by atoms with Gasteiger partial charge in [-0.3, -0.25) is 34.0 Å². The van der Waals surface area contributed by atoms with E-state index in [1.165, 1.54) is 20.9 Å². The molecule has 4 aliphatic rings. The molecule has 19 heteroatoms. The zero-order chi connectivity index (χ0) is 46.4. The van der Waals surface area contributed by atoms with Crippen molar-refractivity contribution < 1.29 is 38.2 Å². The third kappa shape index (κ3) is 11.2. The molecule has 3 fully saturated rings. The Labute approximate surface area is 433 Å². The molecule has 0 radical (unpaired) electrons. The van der Waals surface area contributed by atoms with Crippen LogP contribution in [0.15, 0.2) is 73.4 Å². The van der Waals surface area contributed by atoms with E-state index < -0.39 is 46.9 Å². The van der Waals surface area contributed by atoms with E-state index in [0.717, 1.165) is 50.1 Å². The van der Waals surface area contributed by atoms with Gasteiger partial charge in [-0.25, -0.2) is 5.43 Å². The summed E-state index contributed by atoms with van der Waals surface area (Å²) in [5.41, 5.74) is 9.16. The number of cyclic esters (lactones) is 1. The Balaban J connectivity index is 0.00000259. The van der Waals surface area contributed by atoms with Gasteiger partial charge in [-0.1, -0.05) is 64.6 Å². The first-order valence-electron chi connectivity index (χ1n) is 22.7. The third-order valence-corrected chi connectivity index (χ3v) is 13.4. The highest BCUT2D eigenvalue weighted by atomic mass is 32.1. The second-order valence-corrected chi connectivity index (χ2v) is 19.0. The van der Waals surface area contributed by atoms with E-state index in [9.17, 15) is 24.0 Å². The summed E-state index contributed by atoms with van der Waals surface area (Å²) < 4.78 is 20.3. The van der Waals surface area contributed by atoms with Crippen LogP contribution in [0.25, 0.3) is 33.3 Å². The lowest BCUT2D eigenvalue weighted by Gasteiger charge is -2.44. The number of hydrogen-bond acceptors (Lipinski definition) is 10. The second kappa shape index (κ2) is 23.2. The number of likely N-dealkylation sites (tertiary alicyclic amines) is 1. The van der Waals surface area contributed by atoms with E-state index in [-0.39, 0.29) is 111 Å². The number of esters is 1. The topological polar surface area (TPSA) is 165 Å². The largest absolute Gasteiger partial charge is 0.464 e. The minimum atomic E-state index is -1.23. The van der Waals surface area contributed by atoms with Gasteiger partial charge in [0.1, 0.15) is 24.9 Å². The van der Waals surface area contributed by atoms with Gasteiger partial charge in [0.25, 0.3) is 11.8 Å². The highest BCUT2D eigenvalue weighted by Crippen LogP contribution is 2.42. The summed E-state index contributed by atoms with van der Waals surface area (Å²) in [6.07, 6.45) is 4.44. The molecule has 4 aromatic rings. The minimum Gasteiger partial charge on any atom is -0.464 e. The number of rotatable bonds is 9. The monoisotopic (exact) mass is 1020 g/mol. The van der Waals surface area contributed by atoms with Gasteiger partial charge in [-0.15, -0.1) is 0 Å². The summed E-state index contributed by atoms with van der Waals surface area (Å²) in [6, 6.07) is 15.7. The molecule has 69 heavy (non-hydrogen) atoms. The van der Waals surface area contributed by atoms with Crippen LogP contribution in [0, 0.1) is 11.3 Å². The molecular formula is C50H69N7O8S4. The van der Waals surface area contributed by atoms with Crippen LogP contribution >= 0.6 is 54.0 Å². The van der Waals surface area contributed by atoms with Gasteiger partial charge < -0.3 is 33.9 Å². The molecule has 0 unspecified atom stereocenters. The number of nitrogens with zero attached hydrogens (tertiary/aromatic N) is 5. The average Bonchev–Trinajstić information content (AvgIpc) is 3.79. The number of carbonyl (C=O) groups excluding carboxylic acids is 5. The number of amides is 4. The maximum atomic E-state index is 14.7. The minimum absolute atomic E-state index is 0. The highest BCUT2D eigenvalue weighted by molar-refractivity contribution is 7.59. The summed E-state index contributed by atoms with van der Waals surface area (Å²) >= 11 is 0. The molecule has 0 saturated carbocycles. The first kappa shape index (κ1) is 57.1. The predicted octanol–water partition coefficient (Wildman–Crippen LogP) is 5.81. The van der Waals surface area contributed by atoms with E-state index in [2.05, 4.69) is 73.0 Å². The molecule has 1 spiro atoms. The number of hydrogen-bond donors (Lipinski definition) is 2. The zero-order valence-corrected chi connectivity index (χ0v) is 44.5. The molecule has 3 saturated heterocycles. The molecule has 376 valence electrons. The lowest BCUT2D eigenvalue weighted by molar-refractivity contribution is -0.163. The molecule has 6 bridgehead atoms. The summed E-state index contributed by atoms with van der Waals surface area (Å²) in [5, 5.41) is 5.53. The molecule has 2 aromatic carbocycles. The van der Waals surface area contributed by atoms with E-state index in [4.69, 9.17) is 19.2 Å². The second-order valence-electron chi connectivity index (χ2n) is 19.0. The lowest BCUT2D eigenvalue weighted by Crippen LogP contribution is -2.68. The van der Waals surface area contributed by atoms with E-state index >= 15 is 0 Å². The molecule has 8 rings (SSSR count). The van der Waals surface area contributed by atoms with E-state index in [1.54, 1.807) is 13.3 Å². The number of nitrogens with one attached hydrogen (secondary N) is 2. The number of aryl methyl sites for hydroxylation is 1. The number of hydrazine groups is 1. The van der Waals surface area contributed by atoms with Crippen molar-refractivity contribution in [1.82, 2.24) is 35.1 Å². The number of methoxy groups -OCH3 is 1.